The summed E-state index contributed by atoms with van der Waals surface area (Å²) in [4.78, 5) is 14.9. The van der Waals surface area contributed by atoms with Gasteiger partial charge in [-0.1, -0.05) is 6.92 Å². The lowest BCUT2D eigenvalue weighted by Gasteiger charge is -2.18. The van der Waals surface area contributed by atoms with E-state index in [9.17, 15) is 4.79 Å². The number of nitrogens with zero attached hydrogens (tertiary/aromatic N) is 1. The molecule has 16 heavy (non-hydrogen) atoms. The quantitative estimate of drug-likeness (QED) is 0.767. The fourth-order valence-corrected chi connectivity index (χ4v) is 1.15. The van der Waals surface area contributed by atoms with E-state index in [4.69, 9.17) is 9.52 Å². The standard InChI is InChI=1S/C11H18N2O3/c1-4-8-5-13-9(16-8)6-12-7-11(2,3)10(14)15/h5,12H,4,6-7H2,1-3H3,(H,14,15). The third-order valence-electron chi connectivity index (χ3n) is 2.37. The first-order valence-corrected chi connectivity index (χ1v) is 5.33. The van der Waals surface area contributed by atoms with Crippen LogP contribution in [0.15, 0.2) is 10.6 Å². The Labute approximate surface area is 94.9 Å². The molecule has 2 N–H and O–H groups in total. The summed E-state index contributed by atoms with van der Waals surface area (Å²) < 4.78 is 5.39. The lowest BCUT2D eigenvalue weighted by Crippen LogP contribution is -2.35. The van der Waals surface area contributed by atoms with Crippen LogP contribution >= 0.6 is 0 Å². The van der Waals surface area contributed by atoms with Gasteiger partial charge in [0.15, 0.2) is 0 Å². The van der Waals surface area contributed by atoms with Gasteiger partial charge in [-0.2, -0.15) is 0 Å². The Morgan fingerprint density at radius 3 is 2.81 bits per heavy atom. The van der Waals surface area contributed by atoms with E-state index in [2.05, 4.69) is 10.3 Å². The maximum absolute atomic E-state index is 10.8. The SMILES string of the molecule is CCc1cnc(CNCC(C)(C)C(=O)O)o1. The van der Waals surface area contributed by atoms with Gasteiger partial charge in [-0.15, -0.1) is 0 Å². The van der Waals surface area contributed by atoms with Crippen molar-refractivity contribution in [2.24, 2.45) is 5.41 Å². The molecule has 0 saturated carbocycles. The van der Waals surface area contributed by atoms with Gasteiger partial charge >= 0.3 is 5.97 Å². The molecular formula is C11H18N2O3. The highest BCUT2D eigenvalue weighted by molar-refractivity contribution is 5.73. The van der Waals surface area contributed by atoms with Crippen molar-refractivity contribution in [3.05, 3.63) is 17.8 Å². The summed E-state index contributed by atoms with van der Waals surface area (Å²) in [6, 6.07) is 0. The first kappa shape index (κ1) is 12.7. The van der Waals surface area contributed by atoms with Gasteiger partial charge in [-0.25, -0.2) is 4.98 Å². The van der Waals surface area contributed by atoms with Crippen molar-refractivity contribution in [3.8, 4) is 0 Å². The molecule has 0 aliphatic carbocycles. The molecule has 0 radical (unpaired) electrons. The van der Waals surface area contributed by atoms with Gasteiger partial charge < -0.3 is 14.8 Å². The molecule has 0 bridgehead atoms. The molecule has 0 amide bonds. The smallest absolute Gasteiger partial charge is 0.310 e. The minimum atomic E-state index is -0.818. The third kappa shape index (κ3) is 3.34. The number of hydrogen-bond donors (Lipinski definition) is 2. The predicted octanol–water partition coefficient (Wildman–Crippen LogP) is 1.44. The number of aryl methyl sites for hydroxylation is 1. The zero-order valence-corrected chi connectivity index (χ0v) is 9.91. The van der Waals surface area contributed by atoms with Crippen LogP contribution in [0.3, 0.4) is 0 Å². The molecule has 90 valence electrons. The third-order valence-corrected chi connectivity index (χ3v) is 2.37. The molecule has 0 unspecified atom stereocenters. The fraction of sp³-hybridized carbons (Fsp3) is 0.636. The number of aromatic nitrogens is 1. The van der Waals surface area contributed by atoms with Crippen molar-refractivity contribution in [1.82, 2.24) is 10.3 Å². The summed E-state index contributed by atoms with van der Waals surface area (Å²) in [7, 11) is 0. The number of carbonyl (C=O) groups is 1. The van der Waals surface area contributed by atoms with Crippen LogP contribution in [0.5, 0.6) is 0 Å². The highest BCUT2D eigenvalue weighted by Gasteiger charge is 2.26. The Balaban J connectivity index is 2.38. The van der Waals surface area contributed by atoms with Crippen LogP contribution in [-0.2, 0) is 17.8 Å². The minimum absolute atomic E-state index is 0.381. The van der Waals surface area contributed by atoms with E-state index in [-0.39, 0.29) is 0 Å². The maximum atomic E-state index is 10.8. The normalized spacial score (nSPS) is 11.7. The van der Waals surface area contributed by atoms with Crippen molar-refractivity contribution >= 4 is 5.97 Å². The van der Waals surface area contributed by atoms with Crippen LogP contribution in [0.1, 0.15) is 32.4 Å². The van der Waals surface area contributed by atoms with Gasteiger partial charge in [0, 0.05) is 13.0 Å². The van der Waals surface area contributed by atoms with E-state index in [1.54, 1.807) is 20.0 Å². The molecule has 1 aromatic heterocycles. The van der Waals surface area contributed by atoms with E-state index >= 15 is 0 Å². The Kier molecular flexibility index (Phi) is 4.06. The van der Waals surface area contributed by atoms with E-state index in [0.29, 0.717) is 19.0 Å². The number of nitrogens with one attached hydrogen (secondary N) is 1. The second kappa shape index (κ2) is 5.12. The molecule has 5 heteroatoms. The lowest BCUT2D eigenvalue weighted by molar-refractivity contribution is -0.146. The maximum Gasteiger partial charge on any atom is 0.310 e. The van der Waals surface area contributed by atoms with Crippen LogP contribution in [0.4, 0.5) is 0 Å². The van der Waals surface area contributed by atoms with Crippen molar-refractivity contribution in [3.63, 3.8) is 0 Å². The average molecular weight is 226 g/mol. The van der Waals surface area contributed by atoms with E-state index in [1.165, 1.54) is 0 Å². The summed E-state index contributed by atoms with van der Waals surface area (Å²) >= 11 is 0. The molecule has 0 fully saturated rings. The number of oxazole rings is 1. The van der Waals surface area contributed by atoms with Crippen LogP contribution < -0.4 is 5.32 Å². The van der Waals surface area contributed by atoms with Crippen molar-refractivity contribution in [2.75, 3.05) is 6.54 Å². The molecular weight excluding hydrogens is 208 g/mol. The lowest BCUT2D eigenvalue weighted by atomic mass is 9.94. The van der Waals surface area contributed by atoms with Gasteiger partial charge in [-0.3, -0.25) is 4.79 Å². The zero-order chi connectivity index (χ0) is 12.2. The first-order valence-electron chi connectivity index (χ1n) is 5.33. The fourth-order valence-electron chi connectivity index (χ4n) is 1.15. The second-order valence-electron chi connectivity index (χ2n) is 4.37. The average Bonchev–Trinajstić information content (AvgIpc) is 2.65. The molecule has 1 heterocycles. The number of aliphatic carboxylic acids is 1. The number of carboxylic acid groups (broad SMARTS) is 1. The molecule has 5 nitrogen and oxygen atoms in total. The van der Waals surface area contributed by atoms with Crippen LogP contribution in [-0.4, -0.2) is 22.6 Å². The molecule has 1 rings (SSSR count). The van der Waals surface area contributed by atoms with Crippen LogP contribution in [0.2, 0.25) is 0 Å². The van der Waals surface area contributed by atoms with Crippen molar-refractivity contribution in [2.45, 2.75) is 33.7 Å². The minimum Gasteiger partial charge on any atom is -0.481 e. The van der Waals surface area contributed by atoms with Gasteiger partial charge in [0.25, 0.3) is 0 Å². The molecule has 0 atom stereocenters. The van der Waals surface area contributed by atoms with E-state index in [1.807, 2.05) is 6.92 Å². The number of hydrogen-bond acceptors (Lipinski definition) is 4. The van der Waals surface area contributed by atoms with Gasteiger partial charge in [-0.05, 0) is 13.8 Å². The summed E-state index contributed by atoms with van der Waals surface area (Å²) in [5, 5.41) is 11.9. The molecule has 1 aromatic rings. The molecule has 0 saturated heterocycles. The Morgan fingerprint density at radius 2 is 2.31 bits per heavy atom. The zero-order valence-electron chi connectivity index (χ0n) is 9.91. The molecule has 0 spiro atoms. The Hall–Kier alpha value is -1.36. The van der Waals surface area contributed by atoms with E-state index < -0.39 is 11.4 Å². The van der Waals surface area contributed by atoms with Crippen LogP contribution in [0.25, 0.3) is 0 Å². The Morgan fingerprint density at radius 1 is 1.62 bits per heavy atom. The highest BCUT2D eigenvalue weighted by atomic mass is 16.4. The van der Waals surface area contributed by atoms with Gasteiger partial charge in [0.2, 0.25) is 5.89 Å². The predicted molar refractivity (Wildman–Crippen MR) is 59.0 cm³/mol. The Bertz CT molecular complexity index is 358. The van der Waals surface area contributed by atoms with Gasteiger partial charge in [0.1, 0.15) is 5.76 Å². The second-order valence-corrected chi connectivity index (χ2v) is 4.37. The molecule has 0 aliphatic heterocycles. The van der Waals surface area contributed by atoms with Crippen molar-refractivity contribution in [1.29, 1.82) is 0 Å². The topological polar surface area (TPSA) is 75.4 Å². The van der Waals surface area contributed by atoms with Crippen LogP contribution in [0, 0.1) is 5.41 Å². The molecule has 0 aliphatic rings. The highest BCUT2D eigenvalue weighted by Crippen LogP contribution is 2.13. The summed E-state index contributed by atoms with van der Waals surface area (Å²) in [6.45, 7) is 6.18. The summed E-state index contributed by atoms with van der Waals surface area (Å²) in [6.07, 6.45) is 2.51. The summed E-state index contributed by atoms with van der Waals surface area (Å²) in [5.41, 5.74) is -0.778. The molecule has 0 aromatic carbocycles. The van der Waals surface area contributed by atoms with Crippen molar-refractivity contribution < 1.29 is 14.3 Å². The largest absolute Gasteiger partial charge is 0.481 e. The summed E-state index contributed by atoms with van der Waals surface area (Å²) in [5.74, 6) is 0.619. The number of carboxylic acids is 1. The van der Waals surface area contributed by atoms with E-state index in [0.717, 1.165) is 12.2 Å². The number of rotatable bonds is 6. The first-order chi connectivity index (χ1) is 7.45. The van der Waals surface area contributed by atoms with Gasteiger partial charge in [0.05, 0.1) is 18.2 Å². The monoisotopic (exact) mass is 226 g/mol.